The maximum absolute atomic E-state index is 13.8. The van der Waals surface area contributed by atoms with Gasteiger partial charge < -0.3 is 39.1 Å². The van der Waals surface area contributed by atoms with Gasteiger partial charge in [0, 0.05) is 5.39 Å². The fourth-order valence-electron chi connectivity index (χ4n) is 4.44. The van der Waals surface area contributed by atoms with Gasteiger partial charge in [0.1, 0.15) is 17.2 Å². The van der Waals surface area contributed by atoms with Gasteiger partial charge in [-0.2, -0.15) is 0 Å². The van der Waals surface area contributed by atoms with E-state index in [1.807, 2.05) is 13.8 Å². The number of nitro benzene ring substituents is 2. The molecule has 214 valence electrons. The number of hydrogen-bond donors (Lipinski definition) is 3. The van der Waals surface area contributed by atoms with Crippen molar-refractivity contribution in [3.63, 3.8) is 0 Å². The normalized spacial score (nSPS) is 11.2. The summed E-state index contributed by atoms with van der Waals surface area (Å²) in [5.41, 5.74) is -0.902. The minimum atomic E-state index is -0.715. The zero-order valence-electron chi connectivity index (χ0n) is 22.4. The van der Waals surface area contributed by atoms with Crippen LogP contribution in [-0.4, -0.2) is 52.4 Å². The molecular weight excluding hydrogens is 528 g/mol. The number of methoxy groups -OCH3 is 2. The van der Waals surface area contributed by atoms with Crippen molar-refractivity contribution in [3.05, 3.63) is 32.4 Å². The molecule has 2 heterocycles. The molecule has 0 unspecified atom stereocenters. The Labute approximate surface area is 227 Å². The third-order valence-corrected chi connectivity index (χ3v) is 6.45. The van der Waals surface area contributed by atoms with E-state index in [9.17, 15) is 30.4 Å². The quantitative estimate of drug-likeness (QED) is 0.110. The van der Waals surface area contributed by atoms with E-state index in [-0.39, 0.29) is 69.4 Å². The number of fused-ring (bicyclic) bond motifs is 2. The Kier molecular flexibility index (Phi) is 8.07. The predicted octanol–water partition coefficient (Wildman–Crippen LogP) is 5.29. The Morgan fingerprint density at radius 2 is 1.25 bits per heavy atom. The van der Waals surface area contributed by atoms with Crippen LogP contribution >= 0.6 is 0 Å². The molecule has 0 aliphatic carbocycles. The van der Waals surface area contributed by atoms with Crippen molar-refractivity contribution in [3.8, 4) is 45.9 Å². The number of nitro groups is 2. The van der Waals surface area contributed by atoms with Crippen LogP contribution in [0.2, 0.25) is 0 Å². The van der Waals surface area contributed by atoms with Gasteiger partial charge in [-0.05, 0) is 12.8 Å². The van der Waals surface area contributed by atoms with E-state index in [0.717, 1.165) is 18.9 Å². The minimum Gasteiger partial charge on any atom is -0.870 e. The summed E-state index contributed by atoms with van der Waals surface area (Å²) in [7, 11) is 2.60. The van der Waals surface area contributed by atoms with Crippen LogP contribution in [0.3, 0.4) is 0 Å². The molecule has 40 heavy (non-hydrogen) atoms. The highest BCUT2D eigenvalue weighted by molar-refractivity contribution is 6.08. The van der Waals surface area contributed by atoms with E-state index in [1.165, 1.54) is 20.3 Å². The van der Waals surface area contributed by atoms with Crippen molar-refractivity contribution >= 4 is 33.2 Å². The number of unbranched alkanes of at least 4 members (excludes halogenated alkanes) is 2. The molecule has 0 bridgehead atoms. The summed E-state index contributed by atoms with van der Waals surface area (Å²) in [6, 6.07) is 2.32. The Morgan fingerprint density at radius 3 is 1.70 bits per heavy atom. The van der Waals surface area contributed by atoms with Crippen molar-refractivity contribution in [2.24, 2.45) is 0 Å². The van der Waals surface area contributed by atoms with E-state index in [0.29, 0.717) is 12.8 Å². The summed E-state index contributed by atoms with van der Waals surface area (Å²) in [6.07, 6.45) is 2.73. The maximum atomic E-state index is 13.8. The first-order valence-corrected chi connectivity index (χ1v) is 12.6. The first-order chi connectivity index (χ1) is 19.2. The van der Waals surface area contributed by atoms with Crippen molar-refractivity contribution in [2.45, 2.75) is 39.5 Å². The van der Waals surface area contributed by atoms with Crippen molar-refractivity contribution < 1.29 is 39.0 Å². The van der Waals surface area contributed by atoms with Gasteiger partial charge in [-0.15, -0.1) is 0 Å². The third kappa shape index (κ3) is 4.72. The summed E-state index contributed by atoms with van der Waals surface area (Å²) in [5.74, 6) is -1.59. The molecule has 14 nitrogen and oxygen atoms in total. The SMILES string of the molecule is CCCCOc1c([N+](=O)[O-])cc(OC)c2[nH]c(-c3[nH]c4c(OC)cc([N+](=O)[O-])c(OCCCC)c4c3O)c([O-])c12. The summed E-state index contributed by atoms with van der Waals surface area (Å²) in [4.78, 5) is 28.2. The molecule has 0 atom stereocenters. The summed E-state index contributed by atoms with van der Waals surface area (Å²) >= 11 is 0. The molecule has 2 aromatic carbocycles. The second-order valence-corrected chi connectivity index (χ2v) is 8.95. The lowest BCUT2D eigenvalue weighted by Gasteiger charge is -2.13. The smallest absolute Gasteiger partial charge is 0.315 e. The first-order valence-electron chi connectivity index (χ1n) is 12.6. The van der Waals surface area contributed by atoms with Crippen LogP contribution in [0.4, 0.5) is 11.4 Å². The average molecular weight is 558 g/mol. The van der Waals surface area contributed by atoms with Crippen LogP contribution in [0, 0.1) is 20.2 Å². The molecule has 0 amide bonds. The highest BCUT2D eigenvalue weighted by atomic mass is 16.6. The van der Waals surface area contributed by atoms with E-state index in [4.69, 9.17) is 18.9 Å². The largest absolute Gasteiger partial charge is 0.870 e. The first kappa shape index (κ1) is 28.1. The van der Waals surface area contributed by atoms with E-state index >= 15 is 0 Å². The molecule has 3 N–H and O–H groups in total. The Balaban J connectivity index is 2.04. The maximum Gasteiger partial charge on any atom is 0.315 e. The molecule has 0 fully saturated rings. The summed E-state index contributed by atoms with van der Waals surface area (Å²) in [5, 5.41) is 48.7. The molecule has 4 rings (SSSR count). The zero-order chi connectivity index (χ0) is 29.1. The number of aromatic hydroxyl groups is 1. The average Bonchev–Trinajstić information content (AvgIpc) is 3.45. The van der Waals surface area contributed by atoms with Crippen molar-refractivity contribution in [2.75, 3.05) is 27.4 Å². The topological polar surface area (TPSA) is 198 Å². The molecule has 0 radical (unpaired) electrons. The molecule has 0 saturated heterocycles. The highest BCUT2D eigenvalue weighted by Crippen LogP contribution is 2.53. The minimum absolute atomic E-state index is 0.0142. The van der Waals surface area contributed by atoms with Gasteiger partial charge in [-0.25, -0.2) is 0 Å². The van der Waals surface area contributed by atoms with Gasteiger partial charge in [0.2, 0.25) is 11.5 Å². The number of hydrogen-bond acceptors (Lipinski definition) is 10. The Bertz CT molecular complexity index is 1470. The fourth-order valence-corrected chi connectivity index (χ4v) is 4.44. The number of rotatable bonds is 13. The van der Waals surface area contributed by atoms with Gasteiger partial charge in [-0.3, -0.25) is 20.2 Å². The number of aromatic nitrogens is 2. The molecule has 0 aliphatic rings. The molecule has 4 aromatic rings. The molecular formula is C26H29N4O10-. The van der Waals surface area contributed by atoms with Gasteiger partial charge in [0.05, 0.1) is 71.5 Å². The molecule has 2 aromatic heterocycles. The van der Waals surface area contributed by atoms with Crippen molar-refractivity contribution in [1.29, 1.82) is 0 Å². The number of nitrogens with zero attached hydrogens (tertiary/aromatic N) is 2. The monoisotopic (exact) mass is 557 g/mol. The predicted molar refractivity (Wildman–Crippen MR) is 144 cm³/mol. The molecule has 0 aliphatic heterocycles. The summed E-state index contributed by atoms with van der Waals surface area (Å²) < 4.78 is 22.1. The Hall–Kier alpha value is -4.88. The number of nitrogens with one attached hydrogen (secondary N) is 2. The molecule has 0 spiro atoms. The van der Waals surface area contributed by atoms with Crippen LogP contribution < -0.4 is 24.1 Å². The van der Waals surface area contributed by atoms with Gasteiger partial charge in [-0.1, -0.05) is 32.4 Å². The van der Waals surface area contributed by atoms with Crippen molar-refractivity contribution in [1.82, 2.24) is 9.97 Å². The number of aromatic amines is 2. The third-order valence-electron chi connectivity index (χ3n) is 6.45. The van der Waals surface area contributed by atoms with Gasteiger partial charge in [0.25, 0.3) is 0 Å². The zero-order valence-corrected chi connectivity index (χ0v) is 22.4. The highest BCUT2D eigenvalue weighted by Gasteiger charge is 2.31. The lowest BCUT2D eigenvalue weighted by molar-refractivity contribution is -0.385. The van der Waals surface area contributed by atoms with E-state index < -0.39 is 32.7 Å². The molecule has 14 heteroatoms. The van der Waals surface area contributed by atoms with Gasteiger partial charge in [0.15, 0.2) is 5.75 Å². The number of benzene rings is 2. The fraction of sp³-hybridized carbons (Fsp3) is 0.385. The molecule has 0 saturated carbocycles. The van der Waals surface area contributed by atoms with Crippen LogP contribution in [0.1, 0.15) is 39.5 Å². The lowest BCUT2D eigenvalue weighted by atomic mass is 10.1. The lowest BCUT2D eigenvalue weighted by Crippen LogP contribution is -2.02. The van der Waals surface area contributed by atoms with E-state index in [2.05, 4.69) is 9.97 Å². The van der Waals surface area contributed by atoms with Crippen LogP contribution in [-0.2, 0) is 0 Å². The number of ether oxygens (including phenoxy) is 4. The standard InChI is InChI=1S/C26H30N4O10/c1-5-7-9-39-25-13(29(33)34)11-15(37-3)19-17(25)23(31)21(27-19)22-24(32)18-20(28-22)16(38-4)12-14(30(35)36)26(18)40-10-8-6-2/h11-12,27-28,31-32H,5-10H2,1-4H3/p-1. The summed E-state index contributed by atoms with van der Waals surface area (Å²) in [6.45, 7) is 4.14. The number of H-pyrrole nitrogens is 2. The second-order valence-electron chi connectivity index (χ2n) is 8.95. The van der Waals surface area contributed by atoms with Crippen LogP contribution in [0.25, 0.3) is 33.2 Å². The Morgan fingerprint density at radius 1 is 0.800 bits per heavy atom. The van der Waals surface area contributed by atoms with Crippen LogP contribution in [0.5, 0.6) is 34.5 Å². The van der Waals surface area contributed by atoms with Crippen LogP contribution in [0.15, 0.2) is 12.1 Å². The van der Waals surface area contributed by atoms with Gasteiger partial charge >= 0.3 is 11.4 Å². The second kappa shape index (κ2) is 11.5. The van der Waals surface area contributed by atoms with E-state index in [1.54, 1.807) is 0 Å².